The molecule has 0 atom stereocenters. The third kappa shape index (κ3) is 1.51. The van der Waals surface area contributed by atoms with Crippen LogP contribution in [-0.4, -0.2) is 9.97 Å². The fraction of sp³-hybridized carbons (Fsp3) is 0.100. The second-order valence-corrected chi connectivity index (χ2v) is 3.01. The molecule has 0 aliphatic carbocycles. The van der Waals surface area contributed by atoms with E-state index in [0.29, 0.717) is 17.1 Å². The van der Waals surface area contributed by atoms with Gasteiger partial charge in [-0.1, -0.05) is 0 Å². The monoisotopic (exact) mass is 194 g/mol. The highest BCUT2D eigenvalue weighted by molar-refractivity contribution is 5.59. The van der Waals surface area contributed by atoms with E-state index in [1.165, 1.54) is 18.3 Å². The predicted octanol–water partition coefficient (Wildman–Crippen LogP) is 2.66. The Bertz CT molecular complexity index is 463. The standard InChI is InChI=1S/C10H8F2N2/c1-6-13-5-10(14-6)8-3-2-7(11)4-9(8)12/h2-5H,1H3,(H,13,14). The van der Waals surface area contributed by atoms with Crippen molar-refractivity contribution in [2.75, 3.05) is 0 Å². The molecule has 1 aromatic heterocycles. The van der Waals surface area contributed by atoms with Crippen LogP contribution in [-0.2, 0) is 0 Å². The zero-order chi connectivity index (χ0) is 10.1. The molecule has 0 aliphatic rings. The van der Waals surface area contributed by atoms with Crippen LogP contribution in [0.3, 0.4) is 0 Å². The zero-order valence-electron chi connectivity index (χ0n) is 7.51. The Morgan fingerprint density at radius 2 is 2.07 bits per heavy atom. The molecule has 0 fully saturated rings. The van der Waals surface area contributed by atoms with Gasteiger partial charge >= 0.3 is 0 Å². The largest absolute Gasteiger partial charge is 0.342 e. The van der Waals surface area contributed by atoms with E-state index in [4.69, 9.17) is 0 Å². The van der Waals surface area contributed by atoms with Gasteiger partial charge in [0.1, 0.15) is 17.5 Å². The highest BCUT2D eigenvalue weighted by Crippen LogP contribution is 2.21. The Labute approximate surface area is 79.6 Å². The molecule has 0 amide bonds. The molecule has 72 valence electrons. The maximum absolute atomic E-state index is 13.3. The molecule has 1 heterocycles. The first-order valence-corrected chi connectivity index (χ1v) is 4.14. The third-order valence-corrected chi connectivity index (χ3v) is 1.92. The van der Waals surface area contributed by atoms with Crippen LogP contribution >= 0.6 is 0 Å². The maximum Gasteiger partial charge on any atom is 0.135 e. The minimum absolute atomic E-state index is 0.326. The van der Waals surface area contributed by atoms with E-state index >= 15 is 0 Å². The Balaban J connectivity index is 2.52. The van der Waals surface area contributed by atoms with Crippen LogP contribution in [0.5, 0.6) is 0 Å². The lowest BCUT2D eigenvalue weighted by atomic mass is 10.1. The number of imidazole rings is 1. The van der Waals surface area contributed by atoms with Gasteiger partial charge in [-0.25, -0.2) is 13.8 Å². The SMILES string of the molecule is Cc1ncc(-c2ccc(F)cc2F)[nH]1. The van der Waals surface area contributed by atoms with Crippen molar-refractivity contribution in [1.29, 1.82) is 0 Å². The van der Waals surface area contributed by atoms with Crippen LogP contribution < -0.4 is 0 Å². The molecule has 0 spiro atoms. The molecule has 2 aromatic rings. The van der Waals surface area contributed by atoms with Gasteiger partial charge in [-0.15, -0.1) is 0 Å². The van der Waals surface area contributed by atoms with Gasteiger partial charge in [-0.2, -0.15) is 0 Å². The topological polar surface area (TPSA) is 28.7 Å². The number of hydrogen-bond acceptors (Lipinski definition) is 1. The van der Waals surface area contributed by atoms with Crippen molar-refractivity contribution in [3.05, 3.63) is 41.9 Å². The molecule has 4 heteroatoms. The number of nitrogens with zero attached hydrogens (tertiary/aromatic N) is 1. The van der Waals surface area contributed by atoms with Gasteiger partial charge in [-0.05, 0) is 19.1 Å². The van der Waals surface area contributed by atoms with Crippen LogP contribution in [0.4, 0.5) is 8.78 Å². The number of halogens is 2. The lowest BCUT2D eigenvalue weighted by molar-refractivity contribution is 0.585. The van der Waals surface area contributed by atoms with Crippen LogP contribution in [0.2, 0.25) is 0 Å². The first kappa shape index (κ1) is 8.87. The van der Waals surface area contributed by atoms with Crippen molar-refractivity contribution in [2.24, 2.45) is 0 Å². The molecule has 0 saturated heterocycles. The summed E-state index contributed by atoms with van der Waals surface area (Å²) in [7, 11) is 0. The van der Waals surface area contributed by atoms with Crippen molar-refractivity contribution in [1.82, 2.24) is 9.97 Å². The van der Waals surface area contributed by atoms with E-state index in [1.807, 2.05) is 0 Å². The van der Waals surface area contributed by atoms with E-state index in [1.54, 1.807) is 6.92 Å². The smallest absolute Gasteiger partial charge is 0.135 e. The number of nitrogens with one attached hydrogen (secondary N) is 1. The summed E-state index contributed by atoms with van der Waals surface area (Å²) >= 11 is 0. The quantitative estimate of drug-likeness (QED) is 0.742. The number of H-pyrrole nitrogens is 1. The van der Waals surface area contributed by atoms with E-state index in [9.17, 15) is 8.78 Å². The maximum atomic E-state index is 13.3. The van der Waals surface area contributed by atoms with E-state index < -0.39 is 11.6 Å². The number of aromatic nitrogens is 2. The molecule has 0 radical (unpaired) electrons. The van der Waals surface area contributed by atoms with E-state index in [2.05, 4.69) is 9.97 Å². The van der Waals surface area contributed by atoms with Crippen LogP contribution in [0.25, 0.3) is 11.3 Å². The molecule has 0 saturated carbocycles. The van der Waals surface area contributed by atoms with Gasteiger partial charge in [-0.3, -0.25) is 0 Å². The normalized spacial score (nSPS) is 10.5. The van der Waals surface area contributed by atoms with Gasteiger partial charge < -0.3 is 4.98 Å². The molecule has 2 nitrogen and oxygen atoms in total. The van der Waals surface area contributed by atoms with Crippen LogP contribution in [0.1, 0.15) is 5.82 Å². The molecule has 0 unspecified atom stereocenters. The Morgan fingerprint density at radius 1 is 1.29 bits per heavy atom. The summed E-state index contributed by atoms with van der Waals surface area (Å²) in [5, 5.41) is 0. The Kier molecular flexibility index (Phi) is 2.04. The Morgan fingerprint density at radius 3 is 2.64 bits per heavy atom. The number of rotatable bonds is 1. The summed E-state index contributed by atoms with van der Waals surface area (Å²) in [5.41, 5.74) is 0.881. The Hall–Kier alpha value is -1.71. The summed E-state index contributed by atoms with van der Waals surface area (Å²) in [4.78, 5) is 6.82. The first-order valence-electron chi connectivity index (χ1n) is 4.14. The van der Waals surface area contributed by atoms with Crippen LogP contribution in [0, 0.1) is 18.6 Å². The van der Waals surface area contributed by atoms with Crippen molar-refractivity contribution in [3.8, 4) is 11.3 Å². The lowest BCUT2D eigenvalue weighted by Gasteiger charge is -1.99. The number of benzene rings is 1. The van der Waals surface area contributed by atoms with E-state index in [0.717, 1.165) is 6.07 Å². The molecule has 0 aliphatic heterocycles. The van der Waals surface area contributed by atoms with Gasteiger partial charge in [0.2, 0.25) is 0 Å². The highest BCUT2D eigenvalue weighted by atomic mass is 19.1. The number of hydrogen-bond donors (Lipinski definition) is 1. The second kappa shape index (κ2) is 3.21. The molecular formula is C10H8F2N2. The summed E-state index contributed by atoms with van der Waals surface area (Å²) in [6.07, 6.45) is 1.52. The van der Waals surface area contributed by atoms with Gasteiger partial charge in [0, 0.05) is 11.6 Å². The lowest BCUT2D eigenvalue weighted by Crippen LogP contribution is -1.86. The average molecular weight is 194 g/mol. The molecular weight excluding hydrogens is 186 g/mol. The van der Waals surface area contributed by atoms with E-state index in [-0.39, 0.29) is 0 Å². The van der Waals surface area contributed by atoms with Gasteiger partial charge in [0.15, 0.2) is 0 Å². The second-order valence-electron chi connectivity index (χ2n) is 3.01. The van der Waals surface area contributed by atoms with Crippen molar-refractivity contribution in [2.45, 2.75) is 6.92 Å². The fourth-order valence-corrected chi connectivity index (χ4v) is 1.27. The molecule has 0 bridgehead atoms. The summed E-state index contributed by atoms with van der Waals surface area (Å²) in [5.74, 6) is -0.472. The van der Waals surface area contributed by atoms with Crippen molar-refractivity contribution in [3.63, 3.8) is 0 Å². The molecule has 2 rings (SSSR count). The van der Waals surface area contributed by atoms with Gasteiger partial charge in [0.05, 0.1) is 11.9 Å². The molecule has 1 N–H and O–H groups in total. The van der Waals surface area contributed by atoms with Crippen LogP contribution in [0.15, 0.2) is 24.4 Å². The fourth-order valence-electron chi connectivity index (χ4n) is 1.27. The minimum atomic E-state index is -0.589. The minimum Gasteiger partial charge on any atom is -0.342 e. The molecule has 1 aromatic carbocycles. The highest BCUT2D eigenvalue weighted by Gasteiger charge is 2.07. The van der Waals surface area contributed by atoms with Gasteiger partial charge in [0.25, 0.3) is 0 Å². The third-order valence-electron chi connectivity index (χ3n) is 1.92. The van der Waals surface area contributed by atoms with Crippen molar-refractivity contribution >= 4 is 0 Å². The van der Waals surface area contributed by atoms with Crippen molar-refractivity contribution < 1.29 is 8.78 Å². The predicted molar refractivity (Wildman–Crippen MR) is 48.7 cm³/mol. The summed E-state index contributed by atoms with van der Waals surface area (Å²) in [6, 6.07) is 3.46. The number of aromatic amines is 1. The summed E-state index contributed by atoms with van der Waals surface area (Å²) in [6.45, 7) is 1.77. The first-order chi connectivity index (χ1) is 6.66. The molecule has 14 heavy (non-hydrogen) atoms. The summed E-state index contributed by atoms with van der Waals surface area (Å²) < 4.78 is 25.9. The zero-order valence-corrected chi connectivity index (χ0v) is 7.51. The number of aryl methyl sites for hydroxylation is 1. The average Bonchev–Trinajstić information content (AvgIpc) is 2.51.